The highest BCUT2D eigenvalue weighted by atomic mass is 79.9. The highest BCUT2D eigenvalue weighted by Gasteiger charge is 2.28. The zero-order chi connectivity index (χ0) is 19.6. The molecule has 6 nitrogen and oxygen atoms in total. The number of fused-ring (bicyclic) bond motifs is 1. The van der Waals surface area contributed by atoms with Crippen LogP contribution in [0.2, 0.25) is 0 Å². The van der Waals surface area contributed by atoms with Crippen molar-refractivity contribution < 1.29 is 19.0 Å². The van der Waals surface area contributed by atoms with Crippen molar-refractivity contribution in [2.45, 2.75) is 45.3 Å². The van der Waals surface area contributed by atoms with Crippen molar-refractivity contribution in [3.63, 3.8) is 0 Å². The fourth-order valence-corrected chi connectivity index (χ4v) is 3.56. The number of halogens is 1. The molecular formula is C20H25BrN2O4. The molecule has 27 heavy (non-hydrogen) atoms. The maximum Gasteiger partial charge on any atom is 0.410 e. The van der Waals surface area contributed by atoms with Crippen LogP contribution < -0.4 is 9.47 Å². The molecule has 0 saturated carbocycles. The van der Waals surface area contributed by atoms with Crippen LogP contribution in [0.25, 0.3) is 10.8 Å². The minimum atomic E-state index is -0.482. The molecule has 0 N–H and O–H groups in total. The lowest BCUT2D eigenvalue weighted by Gasteiger charge is -2.33. The maximum atomic E-state index is 12.2. The number of nitrogens with zero attached hydrogens (tertiary/aromatic N) is 2. The highest BCUT2D eigenvalue weighted by Crippen LogP contribution is 2.34. The predicted molar refractivity (Wildman–Crippen MR) is 107 cm³/mol. The Morgan fingerprint density at radius 3 is 2.59 bits per heavy atom. The Bertz CT molecular complexity index is 827. The van der Waals surface area contributed by atoms with E-state index in [4.69, 9.17) is 14.2 Å². The minimum absolute atomic E-state index is 0.0106. The standard InChI is InChI=1S/C20H25BrN2O4/c1-20(2,3)27-19(24)23-9-6-14(7-10-23)26-18-15-12-17(25-4)16(21)11-13(15)5-8-22-18/h5,8,11-12,14H,6-7,9-10H2,1-4H3. The third-order valence-electron chi connectivity index (χ3n) is 4.37. The molecule has 0 atom stereocenters. The van der Waals surface area contributed by atoms with E-state index < -0.39 is 5.60 Å². The zero-order valence-electron chi connectivity index (χ0n) is 16.1. The number of carbonyl (C=O) groups is 1. The lowest BCUT2D eigenvalue weighted by Crippen LogP contribution is -2.44. The molecule has 1 aromatic carbocycles. The predicted octanol–water partition coefficient (Wildman–Crippen LogP) is 4.78. The van der Waals surface area contributed by atoms with Crippen LogP contribution in [0, 0.1) is 0 Å². The number of amides is 1. The topological polar surface area (TPSA) is 60.9 Å². The van der Waals surface area contributed by atoms with E-state index in [1.807, 2.05) is 39.0 Å². The van der Waals surface area contributed by atoms with Crippen LogP contribution >= 0.6 is 15.9 Å². The van der Waals surface area contributed by atoms with Crippen molar-refractivity contribution in [2.75, 3.05) is 20.2 Å². The fourth-order valence-electron chi connectivity index (χ4n) is 3.04. The first-order chi connectivity index (χ1) is 12.8. The molecule has 2 aromatic rings. The molecule has 0 unspecified atom stereocenters. The van der Waals surface area contributed by atoms with Gasteiger partial charge in [0.05, 0.1) is 11.6 Å². The number of methoxy groups -OCH3 is 1. The van der Waals surface area contributed by atoms with Gasteiger partial charge < -0.3 is 19.1 Å². The highest BCUT2D eigenvalue weighted by molar-refractivity contribution is 9.10. The van der Waals surface area contributed by atoms with E-state index in [1.165, 1.54) is 0 Å². The lowest BCUT2D eigenvalue weighted by atomic mass is 10.1. The van der Waals surface area contributed by atoms with Crippen molar-refractivity contribution in [3.8, 4) is 11.6 Å². The maximum absolute atomic E-state index is 12.2. The summed E-state index contributed by atoms with van der Waals surface area (Å²) in [4.78, 5) is 18.3. The number of likely N-dealkylation sites (tertiary alicyclic amines) is 1. The fraction of sp³-hybridized carbons (Fsp3) is 0.500. The smallest absolute Gasteiger partial charge is 0.410 e. The molecule has 1 aliphatic heterocycles. The van der Waals surface area contributed by atoms with Crippen LogP contribution in [0.4, 0.5) is 4.79 Å². The van der Waals surface area contributed by atoms with Gasteiger partial charge in [0.2, 0.25) is 5.88 Å². The number of benzene rings is 1. The third-order valence-corrected chi connectivity index (χ3v) is 4.99. The quantitative estimate of drug-likeness (QED) is 0.692. The van der Waals surface area contributed by atoms with E-state index in [-0.39, 0.29) is 12.2 Å². The Hall–Kier alpha value is -2.02. The summed E-state index contributed by atoms with van der Waals surface area (Å²) in [5, 5.41) is 1.94. The molecule has 1 amide bonds. The Balaban J connectivity index is 1.68. The van der Waals surface area contributed by atoms with Gasteiger partial charge in [-0.1, -0.05) is 0 Å². The van der Waals surface area contributed by atoms with E-state index in [0.29, 0.717) is 19.0 Å². The molecule has 1 aromatic heterocycles. The van der Waals surface area contributed by atoms with Crippen molar-refractivity contribution in [3.05, 3.63) is 28.9 Å². The van der Waals surface area contributed by atoms with Crippen molar-refractivity contribution in [2.24, 2.45) is 0 Å². The van der Waals surface area contributed by atoms with Gasteiger partial charge in [-0.15, -0.1) is 0 Å². The summed E-state index contributed by atoms with van der Waals surface area (Å²) >= 11 is 3.51. The molecule has 146 valence electrons. The lowest BCUT2D eigenvalue weighted by molar-refractivity contribution is 0.0124. The van der Waals surface area contributed by atoms with E-state index >= 15 is 0 Å². The number of hydrogen-bond donors (Lipinski definition) is 0. The second-order valence-electron chi connectivity index (χ2n) is 7.61. The first-order valence-corrected chi connectivity index (χ1v) is 9.83. The molecule has 1 saturated heterocycles. The summed E-state index contributed by atoms with van der Waals surface area (Å²) in [5.41, 5.74) is -0.482. The van der Waals surface area contributed by atoms with Crippen LogP contribution in [-0.4, -0.2) is 47.9 Å². The van der Waals surface area contributed by atoms with Gasteiger partial charge in [-0.3, -0.25) is 0 Å². The largest absolute Gasteiger partial charge is 0.496 e. The van der Waals surface area contributed by atoms with Gasteiger partial charge >= 0.3 is 6.09 Å². The number of rotatable bonds is 3. The summed E-state index contributed by atoms with van der Waals surface area (Å²) in [6.45, 7) is 6.84. The second-order valence-corrected chi connectivity index (χ2v) is 8.46. The van der Waals surface area contributed by atoms with Crippen LogP contribution in [-0.2, 0) is 4.74 Å². The molecule has 2 heterocycles. The van der Waals surface area contributed by atoms with E-state index in [1.54, 1.807) is 18.2 Å². The van der Waals surface area contributed by atoms with Gasteiger partial charge in [0.25, 0.3) is 0 Å². The molecule has 1 fully saturated rings. The average Bonchev–Trinajstić information content (AvgIpc) is 2.60. The summed E-state index contributed by atoms with van der Waals surface area (Å²) in [5.74, 6) is 1.33. The summed E-state index contributed by atoms with van der Waals surface area (Å²) in [7, 11) is 1.63. The number of ether oxygens (including phenoxy) is 3. The Morgan fingerprint density at radius 2 is 1.96 bits per heavy atom. The summed E-state index contributed by atoms with van der Waals surface area (Å²) in [6, 6.07) is 5.86. The van der Waals surface area contributed by atoms with Crippen LogP contribution in [0.3, 0.4) is 0 Å². The van der Waals surface area contributed by atoms with E-state index in [9.17, 15) is 4.79 Å². The normalized spacial score (nSPS) is 15.7. The second kappa shape index (κ2) is 7.92. The zero-order valence-corrected chi connectivity index (χ0v) is 17.7. The Kier molecular flexibility index (Phi) is 5.79. The van der Waals surface area contributed by atoms with Crippen molar-refractivity contribution >= 4 is 32.8 Å². The van der Waals surface area contributed by atoms with E-state index in [0.717, 1.165) is 33.8 Å². The SMILES string of the molecule is COc1cc2c(OC3CCN(C(=O)OC(C)(C)C)CC3)nccc2cc1Br. The van der Waals surface area contributed by atoms with Gasteiger partial charge in [0, 0.05) is 37.5 Å². The molecule has 3 rings (SSSR count). The van der Waals surface area contributed by atoms with E-state index in [2.05, 4.69) is 20.9 Å². The summed E-state index contributed by atoms with van der Waals surface area (Å²) < 4.78 is 17.9. The van der Waals surface area contributed by atoms with Crippen molar-refractivity contribution in [1.29, 1.82) is 0 Å². The van der Waals surface area contributed by atoms with Crippen LogP contribution in [0.15, 0.2) is 28.9 Å². The number of pyridine rings is 1. The van der Waals surface area contributed by atoms with Gasteiger partial charge in [-0.05, 0) is 60.3 Å². The third kappa shape index (κ3) is 4.83. The molecular weight excluding hydrogens is 412 g/mol. The molecule has 7 heteroatoms. The molecule has 1 aliphatic rings. The Morgan fingerprint density at radius 1 is 1.26 bits per heavy atom. The number of aromatic nitrogens is 1. The van der Waals surface area contributed by atoms with Gasteiger partial charge in [0.1, 0.15) is 17.5 Å². The number of piperidine rings is 1. The minimum Gasteiger partial charge on any atom is -0.496 e. The monoisotopic (exact) mass is 436 g/mol. The van der Waals surface area contributed by atoms with Gasteiger partial charge in [-0.2, -0.15) is 0 Å². The number of carbonyl (C=O) groups excluding carboxylic acids is 1. The molecule has 0 spiro atoms. The van der Waals surface area contributed by atoms with Crippen LogP contribution in [0.1, 0.15) is 33.6 Å². The number of hydrogen-bond acceptors (Lipinski definition) is 5. The molecule has 0 radical (unpaired) electrons. The van der Waals surface area contributed by atoms with Gasteiger partial charge in [-0.25, -0.2) is 9.78 Å². The first-order valence-electron chi connectivity index (χ1n) is 9.03. The Labute approximate surface area is 167 Å². The first kappa shape index (κ1) is 19.7. The average molecular weight is 437 g/mol. The molecule has 0 bridgehead atoms. The van der Waals surface area contributed by atoms with Crippen molar-refractivity contribution in [1.82, 2.24) is 9.88 Å². The van der Waals surface area contributed by atoms with Gasteiger partial charge in [0.15, 0.2) is 0 Å². The summed E-state index contributed by atoms with van der Waals surface area (Å²) in [6.07, 6.45) is 2.97. The van der Waals surface area contributed by atoms with Crippen LogP contribution in [0.5, 0.6) is 11.6 Å². The molecule has 0 aliphatic carbocycles.